The van der Waals surface area contributed by atoms with Gasteiger partial charge in [0.25, 0.3) is 0 Å². The number of hydrogen-bond donors (Lipinski definition) is 1. The van der Waals surface area contributed by atoms with Gasteiger partial charge in [0.1, 0.15) is 0 Å². The van der Waals surface area contributed by atoms with Crippen LogP contribution in [0.1, 0.15) is 22.3 Å². The Hall–Kier alpha value is -6.84. The summed E-state index contributed by atoms with van der Waals surface area (Å²) >= 11 is 0. The van der Waals surface area contributed by atoms with E-state index in [0.717, 1.165) is 11.0 Å². The van der Waals surface area contributed by atoms with Gasteiger partial charge in [-0.2, -0.15) is 0 Å². The van der Waals surface area contributed by atoms with Crippen LogP contribution in [-0.4, -0.2) is 14.1 Å². The number of rotatable bonds is 4. The number of hydrogen-bond acceptors (Lipinski definition) is 0. The quantitative estimate of drug-likeness (QED) is 0.189. The van der Waals surface area contributed by atoms with Gasteiger partial charge in [-0.15, -0.1) is 0 Å². The summed E-state index contributed by atoms with van der Waals surface area (Å²) in [5.41, 5.74) is 19.9. The molecule has 262 valence electrons. The second-order valence-electron chi connectivity index (χ2n) is 15.1. The highest BCUT2D eigenvalue weighted by molar-refractivity contribution is 6.12. The molecular weight excluding hydrogens is 667 g/mol. The first-order chi connectivity index (χ1) is 27.0. The smallest absolute Gasteiger partial charge is 0.0541 e. The van der Waals surface area contributed by atoms with Crippen LogP contribution in [0.4, 0.5) is 0 Å². The van der Waals surface area contributed by atoms with Crippen LogP contribution in [0.3, 0.4) is 0 Å². The zero-order chi connectivity index (χ0) is 36.9. The molecule has 11 aromatic rings. The van der Waals surface area contributed by atoms with Gasteiger partial charge in [-0.3, -0.25) is 0 Å². The standard InChI is InChI=1S/C52H39N3/c1-31-33(3)47(54-49-17-9-5-13-39(49)40-14-6-10-18-50(40)54)27-23-37(31)35-21-25-45-43(29-35)44-30-36(22-26-46(44)53-45)38-24-28-48(34(4)32(38)2)55-51-19-11-7-15-41(51)42-16-8-12-20-52(42)55/h5-30,53H,1-4H3. The minimum absolute atomic E-state index is 1.15. The van der Waals surface area contributed by atoms with E-state index in [0.29, 0.717) is 0 Å². The molecule has 3 heteroatoms. The SMILES string of the molecule is Cc1c(-c2ccc3[nH]c4ccc(-c5ccc(-n6c7ccccc7c7ccccc76)c(C)c5C)cc4c3c2)ccc(-n2c3ccccc3c3ccccc32)c1C. The summed E-state index contributed by atoms with van der Waals surface area (Å²) in [5.74, 6) is 0. The molecule has 0 saturated heterocycles. The predicted octanol–water partition coefficient (Wildman–Crippen LogP) is 14.1. The van der Waals surface area contributed by atoms with Gasteiger partial charge < -0.3 is 14.1 Å². The molecule has 0 radical (unpaired) electrons. The molecule has 55 heavy (non-hydrogen) atoms. The Morgan fingerprint density at radius 2 is 0.673 bits per heavy atom. The molecular formula is C52H39N3. The van der Waals surface area contributed by atoms with Crippen LogP contribution in [0.15, 0.2) is 158 Å². The lowest BCUT2D eigenvalue weighted by atomic mass is 9.93. The Bertz CT molecular complexity index is 3040. The number of benzene rings is 8. The number of H-pyrrole nitrogens is 1. The summed E-state index contributed by atoms with van der Waals surface area (Å²) < 4.78 is 4.86. The maximum absolute atomic E-state index is 3.70. The topological polar surface area (TPSA) is 25.6 Å². The Labute approximate surface area is 319 Å². The first-order valence-electron chi connectivity index (χ1n) is 19.2. The molecule has 0 atom stereocenters. The molecule has 3 heterocycles. The molecule has 0 aliphatic rings. The average molecular weight is 706 g/mol. The van der Waals surface area contributed by atoms with Crippen molar-refractivity contribution in [2.24, 2.45) is 0 Å². The lowest BCUT2D eigenvalue weighted by Crippen LogP contribution is -2.00. The van der Waals surface area contributed by atoms with Crippen LogP contribution < -0.4 is 0 Å². The van der Waals surface area contributed by atoms with Crippen molar-refractivity contribution in [2.75, 3.05) is 0 Å². The van der Waals surface area contributed by atoms with E-state index in [1.807, 2.05) is 0 Å². The first-order valence-corrected chi connectivity index (χ1v) is 19.2. The van der Waals surface area contributed by atoms with Gasteiger partial charge in [0, 0.05) is 54.7 Å². The number of para-hydroxylation sites is 4. The summed E-state index contributed by atoms with van der Waals surface area (Å²) in [6, 6.07) is 58.0. The third-order valence-electron chi connectivity index (χ3n) is 12.4. The van der Waals surface area contributed by atoms with Crippen molar-refractivity contribution in [2.45, 2.75) is 27.7 Å². The van der Waals surface area contributed by atoms with E-state index in [1.165, 1.54) is 110 Å². The van der Waals surface area contributed by atoms with E-state index in [1.54, 1.807) is 0 Å². The molecule has 0 aliphatic carbocycles. The lowest BCUT2D eigenvalue weighted by molar-refractivity contribution is 1.13. The summed E-state index contributed by atoms with van der Waals surface area (Å²) in [5, 5.41) is 7.63. The van der Waals surface area contributed by atoms with Crippen LogP contribution >= 0.6 is 0 Å². The van der Waals surface area contributed by atoms with Crippen LogP contribution in [0, 0.1) is 27.7 Å². The fraction of sp³-hybridized carbons (Fsp3) is 0.0769. The summed E-state index contributed by atoms with van der Waals surface area (Å²) in [6.07, 6.45) is 0. The second-order valence-corrected chi connectivity index (χ2v) is 15.1. The number of aromatic nitrogens is 3. The van der Waals surface area contributed by atoms with Crippen LogP contribution in [0.2, 0.25) is 0 Å². The molecule has 0 spiro atoms. The van der Waals surface area contributed by atoms with E-state index >= 15 is 0 Å². The van der Waals surface area contributed by atoms with Crippen LogP contribution in [0.5, 0.6) is 0 Å². The summed E-state index contributed by atoms with van der Waals surface area (Å²) in [6.45, 7) is 9.08. The molecule has 11 rings (SSSR count). The molecule has 3 nitrogen and oxygen atoms in total. The molecule has 0 fully saturated rings. The average Bonchev–Trinajstić information content (AvgIpc) is 3.87. The molecule has 0 aliphatic heterocycles. The van der Waals surface area contributed by atoms with E-state index in [4.69, 9.17) is 0 Å². The monoisotopic (exact) mass is 705 g/mol. The van der Waals surface area contributed by atoms with Crippen molar-refractivity contribution in [3.05, 3.63) is 180 Å². The molecule has 0 amide bonds. The van der Waals surface area contributed by atoms with E-state index in [9.17, 15) is 0 Å². The van der Waals surface area contributed by atoms with Crippen molar-refractivity contribution >= 4 is 65.4 Å². The van der Waals surface area contributed by atoms with Gasteiger partial charge in [-0.1, -0.05) is 97.1 Å². The number of nitrogens with zero attached hydrogens (tertiary/aromatic N) is 2. The maximum atomic E-state index is 3.70. The van der Waals surface area contributed by atoms with E-state index < -0.39 is 0 Å². The van der Waals surface area contributed by atoms with Crippen LogP contribution in [-0.2, 0) is 0 Å². The molecule has 1 N–H and O–H groups in total. The largest absolute Gasteiger partial charge is 0.355 e. The highest BCUT2D eigenvalue weighted by Crippen LogP contribution is 2.40. The van der Waals surface area contributed by atoms with Crippen LogP contribution in [0.25, 0.3) is 99.0 Å². The summed E-state index contributed by atoms with van der Waals surface area (Å²) in [7, 11) is 0. The lowest BCUT2D eigenvalue weighted by Gasteiger charge is -2.17. The van der Waals surface area contributed by atoms with Crippen molar-refractivity contribution in [1.82, 2.24) is 14.1 Å². The molecule has 3 aromatic heterocycles. The van der Waals surface area contributed by atoms with E-state index in [2.05, 4.69) is 200 Å². The van der Waals surface area contributed by atoms with E-state index in [-0.39, 0.29) is 0 Å². The minimum atomic E-state index is 1.15. The second kappa shape index (κ2) is 11.8. The molecule has 0 saturated carbocycles. The first kappa shape index (κ1) is 31.7. The third kappa shape index (κ3) is 4.56. The zero-order valence-electron chi connectivity index (χ0n) is 31.4. The number of fused-ring (bicyclic) bond motifs is 9. The van der Waals surface area contributed by atoms with Crippen molar-refractivity contribution in [3.63, 3.8) is 0 Å². The normalized spacial score (nSPS) is 12.0. The van der Waals surface area contributed by atoms with Gasteiger partial charge in [-0.05, 0) is 133 Å². The van der Waals surface area contributed by atoms with Crippen molar-refractivity contribution < 1.29 is 0 Å². The van der Waals surface area contributed by atoms with Gasteiger partial charge >= 0.3 is 0 Å². The van der Waals surface area contributed by atoms with Gasteiger partial charge in [-0.25, -0.2) is 0 Å². The Balaban J connectivity index is 1.01. The van der Waals surface area contributed by atoms with Gasteiger partial charge in [0.05, 0.1) is 22.1 Å². The van der Waals surface area contributed by atoms with Gasteiger partial charge in [0.2, 0.25) is 0 Å². The van der Waals surface area contributed by atoms with Crippen molar-refractivity contribution in [3.8, 4) is 33.6 Å². The third-order valence-corrected chi connectivity index (χ3v) is 12.4. The molecule has 0 unspecified atom stereocenters. The van der Waals surface area contributed by atoms with Crippen molar-refractivity contribution in [1.29, 1.82) is 0 Å². The molecule has 8 aromatic carbocycles. The van der Waals surface area contributed by atoms with Gasteiger partial charge in [0.15, 0.2) is 0 Å². The number of aromatic amines is 1. The zero-order valence-corrected chi connectivity index (χ0v) is 31.4. The Kier molecular flexibility index (Phi) is 6.81. The summed E-state index contributed by atoms with van der Waals surface area (Å²) in [4.78, 5) is 3.70. The Morgan fingerprint density at radius 1 is 0.327 bits per heavy atom. The highest BCUT2D eigenvalue weighted by atomic mass is 15.0. The highest BCUT2D eigenvalue weighted by Gasteiger charge is 2.19. The fourth-order valence-corrected chi connectivity index (χ4v) is 9.32. The minimum Gasteiger partial charge on any atom is -0.355 e. The Morgan fingerprint density at radius 3 is 1.04 bits per heavy atom. The fourth-order valence-electron chi connectivity index (χ4n) is 9.32. The predicted molar refractivity (Wildman–Crippen MR) is 234 cm³/mol. The molecule has 0 bridgehead atoms. The maximum Gasteiger partial charge on any atom is 0.0541 e. The number of nitrogens with one attached hydrogen (secondary N) is 1.